The zero-order valence-corrected chi connectivity index (χ0v) is 16.2. The number of nitrogens with zero attached hydrogens (tertiary/aromatic N) is 1. The summed E-state index contributed by atoms with van der Waals surface area (Å²) in [6, 6.07) is 12.5. The van der Waals surface area contributed by atoms with E-state index in [0.717, 1.165) is 31.5 Å². The van der Waals surface area contributed by atoms with Crippen LogP contribution in [-0.2, 0) is 4.79 Å². The number of carbonyl (C=O) groups is 1. The van der Waals surface area contributed by atoms with E-state index in [4.69, 9.17) is 9.47 Å². The number of ether oxygens (including phenoxy) is 2. The van der Waals surface area contributed by atoms with Gasteiger partial charge in [-0.1, -0.05) is 12.1 Å². The van der Waals surface area contributed by atoms with Crippen molar-refractivity contribution in [3.05, 3.63) is 53.8 Å². The van der Waals surface area contributed by atoms with Gasteiger partial charge in [-0.25, -0.2) is 4.39 Å². The van der Waals surface area contributed by atoms with Gasteiger partial charge in [0.25, 0.3) is 5.91 Å². The van der Waals surface area contributed by atoms with Gasteiger partial charge in [0.2, 0.25) is 0 Å². The number of likely N-dealkylation sites (tertiary alicyclic amines) is 1. The van der Waals surface area contributed by atoms with Crippen molar-refractivity contribution in [1.29, 1.82) is 0 Å². The average molecular weight is 384 g/mol. The molecule has 1 amide bonds. The average Bonchev–Trinajstić information content (AvgIpc) is 3.11. The van der Waals surface area contributed by atoms with E-state index in [1.165, 1.54) is 6.07 Å². The highest BCUT2D eigenvalue weighted by molar-refractivity contribution is 6.00. The molecular weight excluding hydrogens is 359 g/mol. The number of hydrogen-bond acceptors (Lipinski definition) is 4. The topological polar surface area (TPSA) is 50.8 Å². The molecule has 0 spiro atoms. The summed E-state index contributed by atoms with van der Waals surface area (Å²) in [6.07, 6.45) is 2.13. The van der Waals surface area contributed by atoms with Crippen LogP contribution in [0.2, 0.25) is 0 Å². The summed E-state index contributed by atoms with van der Waals surface area (Å²) in [5, 5.41) is 2.85. The Morgan fingerprint density at radius 2 is 2.14 bits per heavy atom. The lowest BCUT2D eigenvalue weighted by molar-refractivity contribution is -0.129. The number of halogens is 1. The highest BCUT2D eigenvalue weighted by Crippen LogP contribution is 2.36. The first kappa shape index (κ1) is 18.7. The van der Waals surface area contributed by atoms with E-state index in [0.29, 0.717) is 23.8 Å². The van der Waals surface area contributed by atoms with Crippen molar-refractivity contribution < 1.29 is 18.7 Å². The summed E-state index contributed by atoms with van der Waals surface area (Å²) in [4.78, 5) is 14.3. The maximum atomic E-state index is 13.6. The van der Waals surface area contributed by atoms with Gasteiger partial charge < -0.3 is 14.8 Å². The molecule has 0 aliphatic carbocycles. The molecule has 0 saturated carbocycles. The minimum Gasteiger partial charge on any atom is -0.492 e. The zero-order chi connectivity index (χ0) is 19.7. The highest BCUT2D eigenvalue weighted by atomic mass is 19.1. The Morgan fingerprint density at radius 1 is 1.29 bits per heavy atom. The van der Waals surface area contributed by atoms with Gasteiger partial charge in [-0.05, 0) is 63.1 Å². The minimum absolute atomic E-state index is 0.161. The van der Waals surface area contributed by atoms with Crippen LogP contribution in [0, 0.1) is 5.82 Å². The molecule has 0 bridgehead atoms. The van der Waals surface area contributed by atoms with Crippen LogP contribution >= 0.6 is 0 Å². The van der Waals surface area contributed by atoms with Crippen LogP contribution in [0.15, 0.2) is 42.5 Å². The Labute approximate surface area is 164 Å². The van der Waals surface area contributed by atoms with Gasteiger partial charge >= 0.3 is 0 Å². The van der Waals surface area contributed by atoms with Crippen LogP contribution in [0.3, 0.4) is 0 Å². The fraction of sp³-hybridized carbons (Fsp3) is 0.409. The summed E-state index contributed by atoms with van der Waals surface area (Å²) in [5.74, 6) is 0.962. The summed E-state index contributed by atoms with van der Waals surface area (Å²) < 4.78 is 25.3. The van der Waals surface area contributed by atoms with Gasteiger partial charge in [0.15, 0.2) is 5.60 Å². The number of carbonyl (C=O) groups excluding carboxylic acids is 1. The molecule has 2 heterocycles. The molecule has 28 heavy (non-hydrogen) atoms. The van der Waals surface area contributed by atoms with Crippen molar-refractivity contribution in [1.82, 2.24) is 4.90 Å². The molecular formula is C22H25FN2O3. The monoisotopic (exact) mass is 384 g/mol. The van der Waals surface area contributed by atoms with E-state index in [-0.39, 0.29) is 17.8 Å². The second kappa shape index (κ2) is 7.43. The third-order valence-corrected chi connectivity index (χ3v) is 5.36. The van der Waals surface area contributed by atoms with E-state index in [2.05, 4.69) is 10.2 Å². The Kier molecular flexibility index (Phi) is 4.98. The van der Waals surface area contributed by atoms with Gasteiger partial charge in [-0.2, -0.15) is 0 Å². The van der Waals surface area contributed by atoms with Crippen molar-refractivity contribution >= 4 is 11.6 Å². The Hall–Kier alpha value is -2.60. The minimum atomic E-state index is -0.903. The fourth-order valence-electron chi connectivity index (χ4n) is 3.84. The molecule has 1 atom stereocenters. The molecule has 1 N–H and O–H groups in total. The van der Waals surface area contributed by atoms with E-state index in [1.807, 2.05) is 18.2 Å². The number of rotatable bonds is 5. The quantitative estimate of drug-likeness (QED) is 0.841. The molecule has 5 nitrogen and oxygen atoms in total. The number of amides is 1. The van der Waals surface area contributed by atoms with E-state index in [1.54, 1.807) is 32.0 Å². The maximum Gasteiger partial charge on any atom is 0.268 e. The molecule has 1 unspecified atom stereocenters. The largest absolute Gasteiger partial charge is 0.492 e. The van der Waals surface area contributed by atoms with Crippen molar-refractivity contribution in [2.75, 3.05) is 25.0 Å². The van der Waals surface area contributed by atoms with Gasteiger partial charge in [0.05, 0.1) is 5.69 Å². The van der Waals surface area contributed by atoms with Gasteiger partial charge in [-0.15, -0.1) is 0 Å². The molecule has 2 aliphatic rings. The number of anilines is 1. The van der Waals surface area contributed by atoms with Crippen molar-refractivity contribution in [3.63, 3.8) is 0 Å². The van der Waals surface area contributed by atoms with E-state index in [9.17, 15) is 9.18 Å². The van der Waals surface area contributed by atoms with Crippen LogP contribution in [0.5, 0.6) is 11.5 Å². The van der Waals surface area contributed by atoms with Gasteiger partial charge in [0.1, 0.15) is 23.9 Å². The molecule has 1 fully saturated rings. The molecule has 0 aromatic heterocycles. The first-order chi connectivity index (χ1) is 13.4. The summed E-state index contributed by atoms with van der Waals surface area (Å²) >= 11 is 0. The number of hydrogen-bond donors (Lipinski definition) is 1. The SMILES string of the molecule is CC1(C)Oc2cc(OCCN3CCCC3c3cccc(F)c3)ccc2NC1=O. The van der Waals surface area contributed by atoms with Crippen LogP contribution < -0.4 is 14.8 Å². The van der Waals surface area contributed by atoms with Crippen LogP contribution in [-0.4, -0.2) is 36.1 Å². The zero-order valence-electron chi connectivity index (χ0n) is 16.2. The fourth-order valence-corrected chi connectivity index (χ4v) is 3.84. The number of nitrogens with one attached hydrogen (secondary N) is 1. The Balaban J connectivity index is 1.37. The standard InChI is InChI=1S/C22H25FN2O3/c1-22(2)21(26)24-18-9-8-17(14-20(18)28-22)27-12-11-25-10-4-7-19(25)15-5-3-6-16(23)13-15/h3,5-6,8-9,13-14,19H,4,7,10-12H2,1-2H3,(H,24,26). The molecule has 2 aromatic carbocycles. The molecule has 0 radical (unpaired) electrons. The molecule has 4 rings (SSSR count). The van der Waals surface area contributed by atoms with Crippen molar-refractivity contribution in [2.45, 2.75) is 38.3 Å². The molecule has 1 saturated heterocycles. The Bertz CT molecular complexity index is 884. The molecule has 2 aromatic rings. The maximum absolute atomic E-state index is 13.6. The third-order valence-electron chi connectivity index (χ3n) is 5.36. The van der Waals surface area contributed by atoms with Crippen LogP contribution in [0.25, 0.3) is 0 Å². The smallest absolute Gasteiger partial charge is 0.268 e. The molecule has 2 aliphatic heterocycles. The van der Waals surface area contributed by atoms with Crippen molar-refractivity contribution in [3.8, 4) is 11.5 Å². The van der Waals surface area contributed by atoms with Crippen LogP contribution in [0.4, 0.5) is 10.1 Å². The van der Waals surface area contributed by atoms with Gasteiger partial charge in [-0.3, -0.25) is 9.69 Å². The first-order valence-electron chi connectivity index (χ1n) is 9.69. The first-order valence-corrected chi connectivity index (χ1v) is 9.69. The summed E-state index contributed by atoms with van der Waals surface area (Å²) in [5.41, 5.74) is 0.777. The molecule has 148 valence electrons. The lowest BCUT2D eigenvalue weighted by Crippen LogP contribution is -2.45. The van der Waals surface area contributed by atoms with E-state index < -0.39 is 5.60 Å². The van der Waals surface area contributed by atoms with E-state index >= 15 is 0 Å². The predicted octanol–water partition coefficient (Wildman–Crippen LogP) is 4.15. The summed E-state index contributed by atoms with van der Waals surface area (Å²) in [6.45, 7) is 5.75. The normalized spacial score (nSPS) is 21.0. The van der Waals surface area contributed by atoms with Crippen LogP contribution in [0.1, 0.15) is 38.3 Å². The highest BCUT2D eigenvalue weighted by Gasteiger charge is 2.35. The summed E-state index contributed by atoms with van der Waals surface area (Å²) in [7, 11) is 0. The second-order valence-corrected chi connectivity index (χ2v) is 7.82. The lowest BCUT2D eigenvalue weighted by atomic mass is 10.0. The second-order valence-electron chi connectivity index (χ2n) is 7.82. The Morgan fingerprint density at radius 3 is 2.96 bits per heavy atom. The van der Waals surface area contributed by atoms with Crippen molar-refractivity contribution in [2.24, 2.45) is 0 Å². The molecule has 6 heteroatoms. The lowest BCUT2D eigenvalue weighted by Gasteiger charge is -2.31. The number of fused-ring (bicyclic) bond motifs is 1. The van der Waals surface area contributed by atoms with Gasteiger partial charge in [0, 0.05) is 18.7 Å². The third kappa shape index (κ3) is 3.83. The number of benzene rings is 2. The predicted molar refractivity (Wildman–Crippen MR) is 105 cm³/mol.